The molecule has 0 spiro atoms. The molecule has 0 rings (SSSR count). The molecule has 0 aromatic carbocycles. The van der Waals surface area contributed by atoms with E-state index in [0.29, 0.717) is 19.3 Å². The van der Waals surface area contributed by atoms with E-state index in [9.17, 15) is 14.4 Å². The second kappa shape index (κ2) is 46.8. The van der Waals surface area contributed by atoms with E-state index >= 15 is 0 Å². The molecule has 0 saturated carbocycles. The van der Waals surface area contributed by atoms with Gasteiger partial charge < -0.3 is 14.2 Å². The maximum atomic E-state index is 12.7. The molecule has 0 aromatic rings. The molecule has 332 valence electrons. The minimum Gasteiger partial charge on any atom is -0.462 e. The molecule has 0 aliphatic heterocycles. The predicted molar refractivity (Wildman–Crippen MR) is 251 cm³/mol. The first-order chi connectivity index (χ1) is 29.0. The van der Waals surface area contributed by atoms with Crippen LogP contribution >= 0.6 is 0 Å². The zero-order valence-electron chi connectivity index (χ0n) is 37.7. The molecule has 6 nitrogen and oxygen atoms in total. The van der Waals surface area contributed by atoms with Crippen molar-refractivity contribution < 1.29 is 28.6 Å². The van der Waals surface area contributed by atoms with E-state index in [1.54, 1.807) is 0 Å². The number of hydrogen-bond acceptors (Lipinski definition) is 6. The van der Waals surface area contributed by atoms with Gasteiger partial charge in [-0.25, -0.2) is 0 Å². The van der Waals surface area contributed by atoms with Crippen LogP contribution in [0.25, 0.3) is 0 Å². The summed E-state index contributed by atoms with van der Waals surface area (Å²) in [6.45, 7) is 6.19. The largest absolute Gasteiger partial charge is 0.462 e. The van der Waals surface area contributed by atoms with Crippen molar-refractivity contribution in [1.82, 2.24) is 0 Å². The standard InChI is InChI=1S/C53H84O6/c1-4-7-10-13-16-19-22-25-27-29-31-34-37-40-43-46-52(55)58-49-50(48-57-51(54)45-42-39-36-33-30-24-21-18-15-12-9-6-3)59-53(56)47-44-41-38-35-32-28-26-23-20-17-14-11-8-5-2/h7-13,16-22,25,27,29,31,50H,4-6,14-15,23-24,26,28,30,32-49H2,1-3H3/b10-7-,11-8-,12-9-,16-13-,20-17-,21-18-,22-19-,27-25-,31-29-. The molecule has 0 aliphatic rings. The molecule has 59 heavy (non-hydrogen) atoms. The molecule has 0 aromatic heterocycles. The summed E-state index contributed by atoms with van der Waals surface area (Å²) in [7, 11) is 0. The van der Waals surface area contributed by atoms with Gasteiger partial charge >= 0.3 is 17.9 Å². The fourth-order valence-corrected chi connectivity index (χ4v) is 5.95. The van der Waals surface area contributed by atoms with Crippen LogP contribution in [-0.2, 0) is 28.6 Å². The van der Waals surface area contributed by atoms with Gasteiger partial charge in [0.05, 0.1) is 0 Å². The molecule has 0 radical (unpaired) electrons. The zero-order chi connectivity index (χ0) is 43.0. The van der Waals surface area contributed by atoms with Gasteiger partial charge in [-0.05, 0) is 89.9 Å². The quantitative estimate of drug-likeness (QED) is 0.0201. The molecule has 0 fully saturated rings. The Hall–Kier alpha value is -3.93. The summed E-state index contributed by atoms with van der Waals surface area (Å²) in [6.07, 6.45) is 62.1. The number of rotatable bonds is 40. The summed E-state index contributed by atoms with van der Waals surface area (Å²) in [6, 6.07) is 0. The summed E-state index contributed by atoms with van der Waals surface area (Å²) in [5.41, 5.74) is 0. The van der Waals surface area contributed by atoms with E-state index in [4.69, 9.17) is 14.2 Å². The highest BCUT2D eigenvalue weighted by molar-refractivity contribution is 5.71. The minimum atomic E-state index is -0.806. The second-order valence-corrected chi connectivity index (χ2v) is 15.0. The molecule has 0 bridgehead atoms. The maximum Gasteiger partial charge on any atom is 0.306 e. The SMILES string of the molecule is CC\C=C/C=C\C=C/C=C\C=C/CCCCCC(=O)OCC(COC(=O)CCCCCCC/C=C\C/C=C\CC)OC(=O)CCCCCCCCC/C=C\C/C=C\CC. The fourth-order valence-electron chi connectivity index (χ4n) is 5.95. The number of unbranched alkanes of at least 4 members (excludes halogenated alkanes) is 15. The van der Waals surface area contributed by atoms with Gasteiger partial charge in [-0.2, -0.15) is 0 Å². The topological polar surface area (TPSA) is 78.9 Å². The Bertz CT molecular complexity index is 1260. The van der Waals surface area contributed by atoms with Crippen LogP contribution in [0.15, 0.2) is 109 Å². The molecule has 1 atom stereocenters. The summed E-state index contributed by atoms with van der Waals surface area (Å²) in [4.78, 5) is 37.8. The average molecular weight is 817 g/mol. The normalized spacial score (nSPS) is 13.1. The van der Waals surface area contributed by atoms with Crippen molar-refractivity contribution in [3.8, 4) is 0 Å². The Morgan fingerprint density at radius 2 is 0.695 bits per heavy atom. The third-order valence-corrected chi connectivity index (χ3v) is 9.38. The highest BCUT2D eigenvalue weighted by Crippen LogP contribution is 2.13. The van der Waals surface area contributed by atoms with Crippen LogP contribution in [0.5, 0.6) is 0 Å². The smallest absolute Gasteiger partial charge is 0.306 e. The van der Waals surface area contributed by atoms with Crippen LogP contribution in [0.1, 0.15) is 188 Å². The van der Waals surface area contributed by atoms with E-state index in [1.807, 2.05) is 48.6 Å². The Kier molecular flexibility index (Phi) is 43.6. The van der Waals surface area contributed by atoms with Gasteiger partial charge in [0, 0.05) is 19.3 Å². The number of esters is 3. The Balaban J connectivity index is 4.52. The molecule has 0 saturated heterocycles. The lowest BCUT2D eigenvalue weighted by molar-refractivity contribution is -0.167. The van der Waals surface area contributed by atoms with Gasteiger partial charge in [0.2, 0.25) is 0 Å². The monoisotopic (exact) mass is 817 g/mol. The lowest BCUT2D eigenvalue weighted by atomic mass is 10.1. The fraction of sp³-hybridized carbons (Fsp3) is 0.604. The minimum absolute atomic E-state index is 0.105. The average Bonchev–Trinajstić information content (AvgIpc) is 3.23. The van der Waals surface area contributed by atoms with Crippen molar-refractivity contribution in [2.45, 2.75) is 194 Å². The molecule has 0 N–H and O–H groups in total. The Labute approximate surface area is 361 Å². The first kappa shape index (κ1) is 55.1. The van der Waals surface area contributed by atoms with E-state index in [0.717, 1.165) is 122 Å². The molecular formula is C53H84O6. The van der Waals surface area contributed by atoms with E-state index < -0.39 is 6.10 Å². The van der Waals surface area contributed by atoms with Crippen LogP contribution in [0.2, 0.25) is 0 Å². The molecule has 0 aliphatic carbocycles. The van der Waals surface area contributed by atoms with E-state index in [1.165, 1.54) is 25.7 Å². The molecule has 6 heteroatoms. The van der Waals surface area contributed by atoms with Gasteiger partial charge in [0.25, 0.3) is 0 Å². The van der Waals surface area contributed by atoms with Crippen molar-refractivity contribution in [3.63, 3.8) is 0 Å². The molecular weight excluding hydrogens is 733 g/mol. The Morgan fingerprint density at radius 3 is 1.15 bits per heavy atom. The lowest BCUT2D eigenvalue weighted by Crippen LogP contribution is -2.30. The number of allylic oxidation sites excluding steroid dienone is 18. The molecule has 1 unspecified atom stereocenters. The van der Waals surface area contributed by atoms with Crippen LogP contribution in [-0.4, -0.2) is 37.2 Å². The van der Waals surface area contributed by atoms with Crippen molar-refractivity contribution in [2.24, 2.45) is 0 Å². The third kappa shape index (κ3) is 45.0. The van der Waals surface area contributed by atoms with Crippen LogP contribution in [0.3, 0.4) is 0 Å². The van der Waals surface area contributed by atoms with E-state index in [2.05, 4.69) is 81.5 Å². The number of carbonyl (C=O) groups is 3. The third-order valence-electron chi connectivity index (χ3n) is 9.38. The zero-order valence-corrected chi connectivity index (χ0v) is 37.7. The van der Waals surface area contributed by atoms with Crippen LogP contribution in [0, 0.1) is 0 Å². The van der Waals surface area contributed by atoms with Gasteiger partial charge in [-0.3, -0.25) is 14.4 Å². The summed E-state index contributed by atoms with van der Waals surface area (Å²) < 4.78 is 16.7. The number of hydrogen-bond donors (Lipinski definition) is 0. The van der Waals surface area contributed by atoms with Gasteiger partial charge in [-0.1, -0.05) is 188 Å². The lowest BCUT2D eigenvalue weighted by Gasteiger charge is -2.18. The van der Waals surface area contributed by atoms with Crippen LogP contribution in [0.4, 0.5) is 0 Å². The van der Waals surface area contributed by atoms with Crippen molar-refractivity contribution in [3.05, 3.63) is 109 Å². The number of carbonyl (C=O) groups excluding carboxylic acids is 3. The number of ether oxygens (including phenoxy) is 3. The van der Waals surface area contributed by atoms with Gasteiger partial charge in [-0.15, -0.1) is 0 Å². The van der Waals surface area contributed by atoms with Gasteiger partial charge in [0.15, 0.2) is 6.10 Å². The first-order valence-corrected chi connectivity index (χ1v) is 23.5. The summed E-state index contributed by atoms with van der Waals surface area (Å²) in [5.74, 6) is -0.981. The molecule has 0 heterocycles. The first-order valence-electron chi connectivity index (χ1n) is 23.5. The van der Waals surface area contributed by atoms with E-state index in [-0.39, 0.29) is 31.1 Å². The highest BCUT2D eigenvalue weighted by atomic mass is 16.6. The second-order valence-electron chi connectivity index (χ2n) is 15.0. The maximum absolute atomic E-state index is 12.7. The summed E-state index contributed by atoms with van der Waals surface area (Å²) >= 11 is 0. The Morgan fingerprint density at radius 1 is 0.356 bits per heavy atom. The van der Waals surface area contributed by atoms with Crippen molar-refractivity contribution in [2.75, 3.05) is 13.2 Å². The van der Waals surface area contributed by atoms with Crippen LogP contribution < -0.4 is 0 Å². The highest BCUT2D eigenvalue weighted by Gasteiger charge is 2.19. The molecule has 0 amide bonds. The van der Waals surface area contributed by atoms with Crippen molar-refractivity contribution in [1.29, 1.82) is 0 Å². The summed E-state index contributed by atoms with van der Waals surface area (Å²) in [5, 5.41) is 0. The predicted octanol–water partition coefficient (Wildman–Crippen LogP) is 15.2. The van der Waals surface area contributed by atoms with Gasteiger partial charge in [0.1, 0.15) is 13.2 Å². The van der Waals surface area contributed by atoms with Crippen molar-refractivity contribution >= 4 is 17.9 Å².